The second kappa shape index (κ2) is 15.1. The maximum absolute atomic E-state index is 2.44. The van der Waals surface area contributed by atoms with E-state index in [1.807, 2.05) is 0 Å². The zero-order valence-corrected chi connectivity index (χ0v) is 33.0. The van der Waals surface area contributed by atoms with Crippen molar-refractivity contribution >= 4 is 49.6 Å². The highest BCUT2D eigenvalue weighted by atomic mass is 15.1. The summed E-state index contributed by atoms with van der Waals surface area (Å²) in [7, 11) is 0. The van der Waals surface area contributed by atoms with E-state index in [1.165, 1.54) is 77.1 Å². The van der Waals surface area contributed by atoms with Gasteiger partial charge in [0.1, 0.15) is 0 Å². The number of aromatic nitrogens is 1. The van der Waals surface area contributed by atoms with E-state index < -0.39 is 0 Å². The lowest BCUT2D eigenvalue weighted by atomic mass is 9.90. The molecule has 0 saturated carbocycles. The Morgan fingerprint density at radius 1 is 0.300 bits per heavy atom. The zero-order chi connectivity index (χ0) is 39.8. The largest absolute Gasteiger partial charge is 0.310 e. The van der Waals surface area contributed by atoms with Gasteiger partial charge in [-0.05, 0) is 104 Å². The number of para-hydroxylation sites is 3. The van der Waals surface area contributed by atoms with Crippen LogP contribution in [0.1, 0.15) is 0 Å². The third kappa shape index (κ3) is 6.23. The first-order chi connectivity index (χ1) is 29.8. The molecule has 0 radical (unpaired) electrons. The van der Waals surface area contributed by atoms with Gasteiger partial charge in [-0.2, -0.15) is 0 Å². The van der Waals surface area contributed by atoms with E-state index in [0.29, 0.717) is 0 Å². The first kappa shape index (κ1) is 35.2. The van der Waals surface area contributed by atoms with Crippen LogP contribution in [0.15, 0.2) is 243 Å². The lowest BCUT2D eigenvalue weighted by Crippen LogP contribution is -2.11. The van der Waals surface area contributed by atoms with Crippen molar-refractivity contribution in [3.8, 4) is 50.2 Å². The van der Waals surface area contributed by atoms with Crippen molar-refractivity contribution in [1.29, 1.82) is 0 Å². The van der Waals surface area contributed by atoms with Crippen molar-refractivity contribution < 1.29 is 0 Å². The maximum atomic E-state index is 2.44. The summed E-state index contributed by atoms with van der Waals surface area (Å²) in [5.74, 6) is 0. The Labute approximate surface area is 350 Å². The van der Waals surface area contributed by atoms with Crippen LogP contribution in [0.3, 0.4) is 0 Å². The van der Waals surface area contributed by atoms with Crippen molar-refractivity contribution in [3.05, 3.63) is 243 Å². The molecule has 0 aliphatic carbocycles. The number of nitrogens with zero attached hydrogens (tertiary/aromatic N) is 2. The third-order valence-corrected chi connectivity index (χ3v) is 11.8. The number of rotatable bonds is 8. The van der Waals surface area contributed by atoms with Gasteiger partial charge in [0.25, 0.3) is 0 Å². The van der Waals surface area contributed by atoms with E-state index in [1.54, 1.807) is 0 Å². The van der Waals surface area contributed by atoms with Crippen LogP contribution in [0.25, 0.3) is 82.8 Å². The van der Waals surface area contributed by atoms with E-state index in [9.17, 15) is 0 Å². The molecule has 2 nitrogen and oxygen atoms in total. The summed E-state index contributed by atoms with van der Waals surface area (Å²) in [6.45, 7) is 0. The maximum Gasteiger partial charge on any atom is 0.0542 e. The molecule has 11 rings (SSSR count). The second-order valence-electron chi connectivity index (χ2n) is 15.3. The van der Waals surface area contributed by atoms with Crippen LogP contribution in [0, 0.1) is 0 Å². The molecule has 0 N–H and O–H groups in total. The summed E-state index contributed by atoms with van der Waals surface area (Å²) >= 11 is 0. The number of hydrogen-bond donors (Lipinski definition) is 0. The zero-order valence-electron chi connectivity index (χ0n) is 33.0. The summed E-state index contributed by atoms with van der Waals surface area (Å²) in [6, 6.07) is 87.9. The molecule has 10 aromatic carbocycles. The summed E-state index contributed by atoms with van der Waals surface area (Å²) in [6.07, 6.45) is 0. The van der Waals surface area contributed by atoms with Crippen molar-refractivity contribution in [2.24, 2.45) is 0 Å². The third-order valence-electron chi connectivity index (χ3n) is 11.8. The van der Waals surface area contributed by atoms with Gasteiger partial charge in [0.15, 0.2) is 0 Å². The van der Waals surface area contributed by atoms with Crippen LogP contribution in [-0.4, -0.2) is 4.57 Å². The standard InChI is InChI=1S/C58H40N2/c1-4-16-41(17-5-1)42-30-32-43(33-31-42)44-34-36-48(37-35-44)59(49-38-39-57-54(40-49)52-25-11-13-29-56(52)60(57)47-22-8-3-9-23-47)55-28-12-10-24-51(55)53-27-15-21-46-20-14-26-50(58(46)53)45-18-6-2-7-19-45/h1-40H. The lowest BCUT2D eigenvalue weighted by Gasteiger charge is -2.29. The topological polar surface area (TPSA) is 8.17 Å². The van der Waals surface area contributed by atoms with E-state index in [0.717, 1.165) is 22.7 Å². The smallest absolute Gasteiger partial charge is 0.0542 e. The minimum Gasteiger partial charge on any atom is -0.310 e. The van der Waals surface area contributed by atoms with Gasteiger partial charge >= 0.3 is 0 Å². The molecular weight excluding hydrogens is 725 g/mol. The van der Waals surface area contributed by atoms with E-state index in [4.69, 9.17) is 0 Å². The first-order valence-corrected chi connectivity index (χ1v) is 20.6. The van der Waals surface area contributed by atoms with E-state index >= 15 is 0 Å². The number of fused-ring (bicyclic) bond motifs is 4. The first-order valence-electron chi connectivity index (χ1n) is 20.6. The van der Waals surface area contributed by atoms with Crippen molar-refractivity contribution in [3.63, 3.8) is 0 Å². The van der Waals surface area contributed by atoms with Gasteiger partial charge in [-0.15, -0.1) is 0 Å². The van der Waals surface area contributed by atoms with Gasteiger partial charge in [0, 0.05) is 33.4 Å². The fourth-order valence-corrected chi connectivity index (χ4v) is 8.99. The predicted molar refractivity (Wildman–Crippen MR) is 255 cm³/mol. The molecule has 0 fully saturated rings. The summed E-state index contributed by atoms with van der Waals surface area (Å²) < 4.78 is 2.38. The highest BCUT2D eigenvalue weighted by Crippen LogP contribution is 2.46. The van der Waals surface area contributed by atoms with Crippen LogP contribution in [0.2, 0.25) is 0 Å². The summed E-state index contributed by atoms with van der Waals surface area (Å²) in [4.78, 5) is 2.44. The van der Waals surface area contributed by atoms with Gasteiger partial charge in [-0.1, -0.05) is 188 Å². The van der Waals surface area contributed by atoms with Crippen LogP contribution >= 0.6 is 0 Å². The molecule has 2 heteroatoms. The normalized spacial score (nSPS) is 11.3. The number of anilines is 3. The molecule has 60 heavy (non-hydrogen) atoms. The Hall–Kier alpha value is -7.94. The number of benzene rings is 10. The van der Waals surface area contributed by atoms with Gasteiger partial charge in [-0.25, -0.2) is 0 Å². The highest BCUT2D eigenvalue weighted by molar-refractivity contribution is 6.12. The molecule has 0 bridgehead atoms. The van der Waals surface area contributed by atoms with Crippen LogP contribution < -0.4 is 4.90 Å². The average Bonchev–Trinajstić information content (AvgIpc) is 3.66. The molecule has 0 saturated heterocycles. The Morgan fingerprint density at radius 3 is 1.50 bits per heavy atom. The molecule has 0 atom stereocenters. The molecule has 0 spiro atoms. The monoisotopic (exact) mass is 764 g/mol. The van der Waals surface area contributed by atoms with Crippen LogP contribution in [-0.2, 0) is 0 Å². The minimum atomic E-state index is 1.08. The Balaban J connectivity index is 1.10. The molecular formula is C58H40N2. The predicted octanol–water partition coefficient (Wildman–Crippen LogP) is 16.1. The van der Waals surface area contributed by atoms with Crippen molar-refractivity contribution in [2.45, 2.75) is 0 Å². The molecule has 11 aromatic rings. The summed E-state index contributed by atoms with van der Waals surface area (Å²) in [5.41, 5.74) is 16.4. The molecule has 1 heterocycles. The van der Waals surface area contributed by atoms with Gasteiger partial charge in [0.05, 0.1) is 16.7 Å². The van der Waals surface area contributed by atoms with Crippen molar-refractivity contribution in [2.75, 3.05) is 4.90 Å². The van der Waals surface area contributed by atoms with Gasteiger partial charge < -0.3 is 9.47 Å². The van der Waals surface area contributed by atoms with Gasteiger partial charge in [-0.3, -0.25) is 0 Å². The SMILES string of the molecule is c1ccc(-c2ccc(-c3ccc(N(c4ccc5c(c4)c4ccccc4n5-c4ccccc4)c4ccccc4-c4cccc5cccc(-c6ccccc6)c45)cc3)cc2)cc1. The quantitative estimate of drug-likeness (QED) is 0.150. The molecule has 0 amide bonds. The second-order valence-corrected chi connectivity index (χ2v) is 15.3. The average molecular weight is 765 g/mol. The van der Waals surface area contributed by atoms with E-state index in [2.05, 4.69) is 252 Å². The lowest BCUT2D eigenvalue weighted by molar-refractivity contribution is 1.18. The molecule has 1 aromatic heterocycles. The molecule has 0 aliphatic rings. The number of hydrogen-bond acceptors (Lipinski definition) is 1. The van der Waals surface area contributed by atoms with Crippen LogP contribution in [0.4, 0.5) is 17.1 Å². The van der Waals surface area contributed by atoms with E-state index in [-0.39, 0.29) is 0 Å². The Bertz CT molecular complexity index is 3270. The van der Waals surface area contributed by atoms with Gasteiger partial charge in [0.2, 0.25) is 0 Å². The molecule has 0 aliphatic heterocycles. The minimum absolute atomic E-state index is 1.08. The summed E-state index contributed by atoms with van der Waals surface area (Å²) in [5, 5.41) is 4.89. The highest BCUT2D eigenvalue weighted by Gasteiger charge is 2.21. The van der Waals surface area contributed by atoms with Crippen molar-refractivity contribution in [1.82, 2.24) is 4.57 Å². The molecule has 282 valence electrons. The fraction of sp³-hybridized carbons (Fsp3) is 0. The van der Waals surface area contributed by atoms with Crippen LogP contribution in [0.5, 0.6) is 0 Å². The molecule has 0 unspecified atom stereocenters. The Kier molecular flexibility index (Phi) is 8.87. The fourth-order valence-electron chi connectivity index (χ4n) is 8.99. The Morgan fingerprint density at radius 2 is 0.800 bits per heavy atom.